The fourth-order valence-electron chi connectivity index (χ4n) is 1.42. The van der Waals surface area contributed by atoms with Crippen molar-refractivity contribution in [2.24, 2.45) is 0 Å². The number of nitrogens with one attached hydrogen (secondary N) is 1. The second-order valence-electron chi connectivity index (χ2n) is 3.20. The van der Waals surface area contributed by atoms with Crippen LogP contribution in [0.15, 0.2) is 41.8 Å². The zero-order valence-corrected chi connectivity index (χ0v) is 10.8. The van der Waals surface area contributed by atoms with E-state index in [1.807, 2.05) is 41.8 Å². The lowest BCUT2D eigenvalue weighted by Crippen LogP contribution is -2.12. The molecule has 0 aliphatic heterocycles. The molecule has 4 heteroatoms. The lowest BCUT2D eigenvalue weighted by atomic mass is 10.1. The van der Waals surface area contributed by atoms with Crippen LogP contribution in [0, 0.1) is 0 Å². The molecule has 1 N–H and O–H groups in total. The minimum Gasteiger partial charge on any atom is -0.325 e. The Morgan fingerprint density at radius 1 is 1.25 bits per heavy atom. The summed E-state index contributed by atoms with van der Waals surface area (Å²) in [5.74, 6) is -0.0380. The fraction of sp³-hybridized carbons (Fsp3) is 0.0833. The first-order chi connectivity index (χ1) is 7.81. The van der Waals surface area contributed by atoms with Crippen LogP contribution in [0.4, 0.5) is 5.69 Å². The second-order valence-corrected chi connectivity index (χ2v) is 4.71. The number of alkyl halides is 1. The van der Waals surface area contributed by atoms with Gasteiger partial charge in [-0.2, -0.15) is 0 Å². The van der Waals surface area contributed by atoms with Gasteiger partial charge in [-0.25, -0.2) is 0 Å². The molecule has 0 saturated carbocycles. The summed E-state index contributed by atoms with van der Waals surface area (Å²) in [6.07, 6.45) is 0. The molecule has 0 fully saturated rings. The Labute approximate surface area is 106 Å². The normalized spacial score (nSPS) is 10.1. The molecule has 1 amide bonds. The Balaban J connectivity index is 2.35. The third-order valence-corrected chi connectivity index (χ3v) is 3.52. The van der Waals surface area contributed by atoms with E-state index in [0.29, 0.717) is 5.33 Å². The topological polar surface area (TPSA) is 29.1 Å². The number of hydrogen-bond acceptors (Lipinski definition) is 2. The maximum atomic E-state index is 11.3. The summed E-state index contributed by atoms with van der Waals surface area (Å²) in [6.45, 7) is 0. The second kappa shape index (κ2) is 5.27. The lowest BCUT2D eigenvalue weighted by Gasteiger charge is -2.08. The van der Waals surface area contributed by atoms with Gasteiger partial charge in [0.1, 0.15) is 0 Å². The molecule has 0 radical (unpaired) electrons. The highest BCUT2D eigenvalue weighted by Gasteiger charge is 2.07. The van der Waals surface area contributed by atoms with Gasteiger partial charge in [0.05, 0.1) is 5.33 Å². The SMILES string of the molecule is O=C(CBr)Nc1ccccc1-c1cccs1. The van der Waals surface area contributed by atoms with Crippen molar-refractivity contribution in [3.63, 3.8) is 0 Å². The third kappa shape index (κ3) is 2.51. The van der Waals surface area contributed by atoms with E-state index in [1.165, 1.54) is 0 Å². The summed E-state index contributed by atoms with van der Waals surface area (Å²) >= 11 is 4.80. The number of hydrogen-bond donors (Lipinski definition) is 1. The molecule has 1 aromatic heterocycles. The van der Waals surface area contributed by atoms with E-state index >= 15 is 0 Å². The van der Waals surface area contributed by atoms with E-state index in [1.54, 1.807) is 11.3 Å². The number of anilines is 1. The number of carbonyl (C=O) groups excluding carboxylic acids is 1. The molecular formula is C12H10BrNOS. The molecule has 2 aromatic rings. The summed E-state index contributed by atoms with van der Waals surface area (Å²) in [4.78, 5) is 12.5. The third-order valence-electron chi connectivity index (χ3n) is 2.11. The standard InChI is InChI=1S/C12H10BrNOS/c13-8-12(15)14-10-5-2-1-4-9(10)11-6-3-7-16-11/h1-7H,8H2,(H,14,15). The van der Waals surface area contributed by atoms with Gasteiger partial charge in [0.25, 0.3) is 0 Å². The van der Waals surface area contributed by atoms with Gasteiger partial charge in [0.15, 0.2) is 0 Å². The number of benzene rings is 1. The predicted octanol–water partition coefficient (Wildman–Crippen LogP) is 3.75. The van der Waals surface area contributed by atoms with Crippen LogP contribution in [0.25, 0.3) is 10.4 Å². The van der Waals surface area contributed by atoms with E-state index in [2.05, 4.69) is 21.2 Å². The van der Waals surface area contributed by atoms with Crippen molar-refractivity contribution in [1.82, 2.24) is 0 Å². The van der Waals surface area contributed by atoms with Gasteiger partial charge in [-0.05, 0) is 17.5 Å². The van der Waals surface area contributed by atoms with Crippen LogP contribution < -0.4 is 5.32 Å². The van der Waals surface area contributed by atoms with E-state index < -0.39 is 0 Å². The fourth-order valence-corrected chi connectivity index (χ4v) is 2.33. The van der Waals surface area contributed by atoms with Crippen LogP contribution in [-0.2, 0) is 4.79 Å². The molecule has 0 bridgehead atoms. The highest BCUT2D eigenvalue weighted by atomic mass is 79.9. The van der Waals surface area contributed by atoms with Gasteiger partial charge in [-0.3, -0.25) is 4.79 Å². The predicted molar refractivity (Wildman–Crippen MR) is 72.2 cm³/mol. The van der Waals surface area contributed by atoms with Crippen molar-refractivity contribution >= 4 is 38.9 Å². The van der Waals surface area contributed by atoms with Crippen molar-refractivity contribution in [3.8, 4) is 10.4 Å². The molecule has 0 aliphatic rings. The molecule has 0 aliphatic carbocycles. The average Bonchev–Trinajstić information content (AvgIpc) is 2.83. The van der Waals surface area contributed by atoms with E-state index in [9.17, 15) is 4.79 Å². The molecule has 1 heterocycles. The summed E-state index contributed by atoms with van der Waals surface area (Å²) < 4.78 is 0. The molecule has 1 aromatic carbocycles. The number of rotatable bonds is 3. The Hall–Kier alpha value is -1.13. The molecule has 2 nitrogen and oxygen atoms in total. The van der Waals surface area contributed by atoms with Gasteiger partial charge in [0.2, 0.25) is 5.91 Å². The van der Waals surface area contributed by atoms with Crippen molar-refractivity contribution in [2.45, 2.75) is 0 Å². The van der Waals surface area contributed by atoms with E-state index in [4.69, 9.17) is 0 Å². The average molecular weight is 296 g/mol. The van der Waals surface area contributed by atoms with Crippen LogP contribution in [0.1, 0.15) is 0 Å². The number of carbonyl (C=O) groups is 1. The van der Waals surface area contributed by atoms with E-state index in [0.717, 1.165) is 16.1 Å². The Morgan fingerprint density at radius 3 is 2.75 bits per heavy atom. The molecule has 0 spiro atoms. The van der Waals surface area contributed by atoms with Crippen molar-refractivity contribution < 1.29 is 4.79 Å². The first kappa shape index (κ1) is 11.4. The largest absolute Gasteiger partial charge is 0.325 e. The van der Waals surface area contributed by atoms with Crippen LogP contribution in [0.3, 0.4) is 0 Å². The van der Waals surface area contributed by atoms with Crippen LogP contribution >= 0.6 is 27.3 Å². The highest BCUT2D eigenvalue weighted by molar-refractivity contribution is 9.09. The first-order valence-corrected chi connectivity index (χ1v) is 6.80. The van der Waals surface area contributed by atoms with Crippen molar-refractivity contribution in [2.75, 3.05) is 10.6 Å². The minimum absolute atomic E-state index is 0.0380. The number of para-hydroxylation sites is 1. The summed E-state index contributed by atoms with van der Waals surface area (Å²) in [7, 11) is 0. The lowest BCUT2D eigenvalue weighted by molar-refractivity contribution is -0.113. The molecule has 0 atom stereocenters. The van der Waals surface area contributed by atoms with Crippen LogP contribution in [0.2, 0.25) is 0 Å². The zero-order chi connectivity index (χ0) is 11.4. The van der Waals surface area contributed by atoms with E-state index in [-0.39, 0.29) is 5.91 Å². The maximum Gasteiger partial charge on any atom is 0.235 e. The van der Waals surface area contributed by atoms with Crippen molar-refractivity contribution in [3.05, 3.63) is 41.8 Å². The van der Waals surface area contributed by atoms with Crippen LogP contribution in [0.5, 0.6) is 0 Å². The van der Waals surface area contributed by atoms with Gasteiger partial charge >= 0.3 is 0 Å². The Kier molecular flexibility index (Phi) is 3.74. The Bertz CT molecular complexity index is 482. The molecule has 0 unspecified atom stereocenters. The minimum atomic E-state index is -0.0380. The number of amides is 1. The van der Waals surface area contributed by atoms with Gasteiger partial charge in [-0.15, -0.1) is 11.3 Å². The zero-order valence-electron chi connectivity index (χ0n) is 8.44. The number of thiophene rings is 1. The first-order valence-electron chi connectivity index (χ1n) is 4.80. The maximum absolute atomic E-state index is 11.3. The molecule has 16 heavy (non-hydrogen) atoms. The summed E-state index contributed by atoms with van der Waals surface area (Å²) in [6, 6.07) is 11.9. The molecule has 0 saturated heterocycles. The quantitative estimate of drug-likeness (QED) is 0.859. The van der Waals surface area contributed by atoms with Gasteiger partial charge < -0.3 is 5.32 Å². The number of halogens is 1. The van der Waals surface area contributed by atoms with Gasteiger partial charge in [-0.1, -0.05) is 40.2 Å². The molecule has 82 valence electrons. The summed E-state index contributed by atoms with van der Waals surface area (Å²) in [5.41, 5.74) is 1.92. The summed E-state index contributed by atoms with van der Waals surface area (Å²) in [5, 5.41) is 5.21. The van der Waals surface area contributed by atoms with Crippen molar-refractivity contribution in [1.29, 1.82) is 0 Å². The highest BCUT2D eigenvalue weighted by Crippen LogP contribution is 2.31. The smallest absolute Gasteiger partial charge is 0.235 e. The molecule has 2 rings (SSSR count). The Morgan fingerprint density at radius 2 is 2.06 bits per heavy atom. The molecular weight excluding hydrogens is 286 g/mol. The monoisotopic (exact) mass is 295 g/mol. The van der Waals surface area contributed by atoms with Gasteiger partial charge in [0, 0.05) is 16.1 Å². The van der Waals surface area contributed by atoms with Crippen LogP contribution in [-0.4, -0.2) is 11.2 Å².